The molecule has 2 nitrogen and oxygen atoms in total. The minimum Gasteiger partial charge on any atom is -0.326 e. The summed E-state index contributed by atoms with van der Waals surface area (Å²) in [6.07, 6.45) is 2.50. The normalized spacial score (nSPS) is 16.2. The van der Waals surface area contributed by atoms with Crippen LogP contribution >= 0.6 is 27.3 Å². The van der Waals surface area contributed by atoms with E-state index in [0.29, 0.717) is 6.42 Å². The highest BCUT2D eigenvalue weighted by Gasteiger charge is 2.18. The molecule has 0 saturated heterocycles. The van der Waals surface area contributed by atoms with Gasteiger partial charge in [-0.2, -0.15) is 0 Å². The molecule has 4 heteroatoms. The van der Waals surface area contributed by atoms with Crippen LogP contribution in [0.1, 0.15) is 39.2 Å². The second-order valence-corrected chi connectivity index (χ2v) is 7.01. The molecule has 3 rings (SSSR count). The number of hydrogen-bond acceptors (Lipinski definition) is 2. The van der Waals surface area contributed by atoms with Crippen molar-refractivity contribution in [2.75, 3.05) is 5.32 Å². The fraction of sp³-hybridized carbons (Fsp3) is 0.312. The van der Waals surface area contributed by atoms with Crippen molar-refractivity contribution >= 4 is 38.9 Å². The van der Waals surface area contributed by atoms with E-state index in [-0.39, 0.29) is 10.7 Å². The summed E-state index contributed by atoms with van der Waals surface area (Å²) in [5.41, 5.74) is 4.79. The highest BCUT2D eigenvalue weighted by atomic mass is 79.9. The number of benzene rings is 1. The molecule has 2 heterocycles. The Kier molecular flexibility index (Phi) is 3.94. The van der Waals surface area contributed by atoms with Crippen LogP contribution in [0.2, 0.25) is 0 Å². The van der Waals surface area contributed by atoms with Gasteiger partial charge in [0.15, 0.2) is 0 Å². The summed E-state index contributed by atoms with van der Waals surface area (Å²) in [5, 5.41) is 5.11. The predicted molar refractivity (Wildman–Crippen MR) is 87.8 cm³/mol. The smallest absolute Gasteiger partial charge is 0.224 e. The van der Waals surface area contributed by atoms with Gasteiger partial charge in [-0.25, -0.2) is 0 Å². The number of amides is 1. The van der Waals surface area contributed by atoms with Crippen LogP contribution in [0.15, 0.2) is 29.6 Å². The molecule has 1 amide bonds. The zero-order chi connectivity index (χ0) is 14.1. The third-order valence-corrected chi connectivity index (χ3v) is 6.05. The Morgan fingerprint density at radius 2 is 2.15 bits per heavy atom. The van der Waals surface area contributed by atoms with Gasteiger partial charge < -0.3 is 5.32 Å². The van der Waals surface area contributed by atoms with Gasteiger partial charge in [0.05, 0.1) is 4.83 Å². The lowest BCUT2D eigenvalue weighted by molar-refractivity contribution is -0.116. The summed E-state index contributed by atoms with van der Waals surface area (Å²) >= 11 is 5.58. The monoisotopic (exact) mass is 349 g/mol. The molecule has 0 fully saturated rings. The highest BCUT2D eigenvalue weighted by molar-refractivity contribution is 9.09. The van der Waals surface area contributed by atoms with Crippen LogP contribution in [0.25, 0.3) is 0 Å². The van der Waals surface area contributed by atoms with Gasteiger partial charge in [-0.1, -0.05) is 28.1 Å². The second-order valence-electron chi connectivity index (χ2n) is 5.15. The fourth-order valence-corrected chi connectivity index (χ4v) is 4.45. The number of anilines is 1. The lowest BCUT2D eigenvalue weighted by Gasteiger charge is -2.14. The predicted octanol–water partition coefficient (Wildman–Crippen LogP) is 4.82. The fourth-order valence-electron chi connectivity index (χ4n) is 2.55. The second kappa shape index (κ2) is 5.70. The number of alkyl halides is 1. The molecule has 0 saturated carbocycles. The minimum atomic E-state index is 0.126. The number of carbonyl (C=O) groups excluding carboxylic acids is 1. The summed E-state index contributed by atoms with van der Waals surface area (Å²) in [6.45, 7) is 2.14. The van der Waals surface area contributed by atoms with Crippen LogP contribution < -0.4 is 5.32 Å². The van der Waals surface area contributed by atoms with Crippen LogP contribution in [-0.4, -0.2) is 5.91 Å². The lowest BCUT2D eigenvalue weighted by Crippen LogP contribution is -2.09. The van der Waals surface area contributed by atoms with Crippen molar-refractivity contribution in [2.45, 2.75) is 31.0 Å². The molecule has 0 spiro atoms. The Morgan fingerprint density at radius 1 is 1.30 bits per heavy atom. The maximum absolute atomic E-state index is 11.6. The summed E-state index contributed by atoms with van der Waals surface area (Å²) in [7, 11) is 0. The highest BCUT2D eigenvalue weighted by Crippen LogP contribution is 2.38. The van der Waals surface area contributed by atoms with Crippen molar-refractivity contribution in [3.05, 3.63) is 51.2 Å². The zero-order valence-electron chi connectivity index (χ0n) is 11.3. The van der Waals surface area contributed by atoms with E-state index in [1.54, 1.807) is 11.3 Å². The van der Waals surface area contributed by atoms with E-state index in [9.17, 15) is 4.79 Å². The standard InChI is InChI=1S/C16H16BrNOS/c1-10-7-8-20-16(10)15(17)12-5-6-13-11(9-12)3-2-4-14(19)18-13/h5-9,15H,2-4H2,1H3,(H,18,19). The van der Waals surface area contributed by atoms with E-state index >= 15 is 0 Å². The van der Waals surface area contributed by atoms with Crippen LogP contribution in [0.4, 0.5) is 5.69 Å². The van der Waals surface area contributed by atoms with Crippen molar-refractivity contribution in [3.8, 4) is 0 Å². The first kappa shape index (κ1) is 13.8. The minimum absolute atomic E-state index is 0.126. The maximum Gasteiger partial charge on any atom is 0.224 e. The molecule has 1 unspecified atom stereocenters. The van der Waals surface area contributed by atoms with E-state index in [0.717, 1.165) is 18.5 Å². The molecule has 0 radical (unpaired) electrons. The molecule has 1 aromatic heterocycles. The number of nitrogens with one attached hydrogen (secondary N) is 1. The Morgan fingerprint density at radius 3 is 2.90 bits per heavy atom. The summed E-state index contributed by atoms with van der Waals surface area (Å²) in [4.78, 5) is 13.2. The van der Waals surface area contributed by atoms with Crippen LogP contribution in [0.5, 0.6) is 0 Å². The number of rotatable bonds is 2. The third-order valence-electron chi connectivity index (χ3n) is 3.68. The summed E-state index contributed by atoms with van der Waals surface area (Å²) in [6, 6.07) is 8.51. The first-order valence-electron chi connectivity index (χ1n) is 6.76. The molecule has 2 aromatic rings. The first-order chi connectivity index (χ1) is 9.65. The van der Waals surface area contributed by atoms with Gasteiger partial charge >= 0.3 is 0 Å². The molecular weight excluding hydrogens is 334 g/mol. The van der Waals surface area contributed by atoms with Crippen molar-refractivity contribution in [2.24, 2.45) is 0 Å². The van der Waals surface area contributed by atoms with E-state index in [2.05, 4.69) is 51.7 Å². The summed E-state index contributed by atoms with van der Waals surface area (Å²) in [5.74, 6) is 0.126. The van der Waals surface area contributed by atoms with Gasteiger partial charge in [-0.15, -0.1) is 11.3 Å². The van der Waals surface area contributed by atoms with E-state index in [4.69, 9.17) is 0 Å². The number of aryl methyl sites for hydroxylation is 2. The maximum atomic E-state index is 11.6. The largest absolute Gasteiger partial charge is 0.326 e. The Balaban J connectivity index is 1.94. The Hall–Kier alpha value is -1.13. The molecule has 0 aliphatic carbocycles. The molecule has 1 aliphatic heterocycles. The Bertz CT molecular complexity index is 650. The number of thiophene rings is 1. The first-order valence-corrected chi connectivity index (χ1v) is 8.55. The molecular formula is C16H16BrNOS. The molecule has 0 bridgehead atoms. The third kappa shape index (κ3) is 2.67. The number of fused-ring (bicyclic) bond motifs is 1. The number of carbonyl (C=O) groups is 1. The van der Waals surface area contributed by atoms with Gasteiger partial charge in [0.25, 0.3) is 0 Å². The van der Waals surface area contributed by atoms with Gasteiger partial charge in [0, 0.05) is 17.0 Å². The zero-order valence-corrected chi connectivity index (χ0v) is 13.7. The molecule has 20 heavy (non-hydrogen) atoms. The Labute approximate surface area is 131 Å². The molecule has 1 aromatic carbocycles. The van der Waals surface area contributed by atoms with Crippen molar-refractivity contribution in [1.29, 1.82) is 0 Å². The van der Waals surface area contributed by atoms with Crippen LogP contribution in [0, 0.1) is 6.92 Å². The molecule has 104 valence electrons. The van der Waals surface area contributed by atoms with Crippen LogP contribution in [-0.2, 0) is 11.2 Å². The lowest BCUT2D eigenvalue weighted by atomic mass is 10.0. The quantitative estimate of drug-likeness (QED) is 0.774. The van der Waals surface area contributed by atoms with E-state index in [1.165, 1.54) is 21.6 Å². The number of halogens is 1. The van der Waals surface area contributed by atoms with Gasteiger partial charge in [0.2, 0.25) is 5.91 Å². The van der Waals surface area contributed by atoms with Crippen molar-refractivity contribution in [1.82, 2.24) is 0 Å². The molecule has 1 aliphatic rings. The van der Waals surface area contributed by atoms with Gasteiger partial charge in [-0.05, 0) is 54.0 Å². The van der Waals surface area contributed by atoms with Gasteiger partial charge in [0.1, 0.15) is 0 Å². The molecule has 1 N–H and O–H groups in total. The average Bonchev–Trinajstić information content (AvgIpc) is 2.76. The van der Waals surface area contributed by atoms with Gasteiger partial charge in [-0.3, -0.25) is 4.79 Å². The van der Waals surface area contributed by atoms with E-state index in [1.807, 2.05) is 6.07 Å². The average molecular weight is 350 g/mol. The van der Waals surface area contributed by atoms with Crippen LogP contribution in [0.3, 0.4) is 0 Å². The van der Waals surface area contributed by atoms with E-state index < -0.39 is 0 Å². The SMILES string of the molecule is Cc1ccsc1C(Br)c1ccc2c(c1)CCCC(=O)N2. The van der Waals surface area contributed by atoms with Crippen molar-refractivity contribution < 1.29 is 4.79 Å². The summed E-state index contributed by atoms with van der Waals surface area (Å²) < 4.78 is 0. The van der Waals surface area contributed by atoms with Crippen molar-refractivity contribution in [3.63, 3.8) is 0 Å². The topological polar surface area (TPSA) is 29.1 Å². The number of hydrogen-bond donors (Lipinski definition) is 1. The molecule has 1 atom stereocenters.